The first-order valence-corrected chi connectivity index (χ1v) is 13.8. The number of nitrogens with zero attached hydrogens (tertiary/aromatic N) is 7. The third-order valence-electron chi connectivity index (χ3n) is 5.63. The summed E-state index contributed by atoms with van der Waals surface area (Å²) in [5, 5.41) is 29.0. The molecule has 3 aromatic rings. The minimum absolute atomic E-state index is 0.151. The maximum atomic E-state index is 13.0. The molecule has 0 aliphatic carbocycles. The summed E-state index contributed by atoms with van der Waals surface area (Å²) >= 11 is 3.92. The van der Waals surface area contributed by atoms with Crippen molar-refractivity contribution in [3.05, 3.63) is 40.8 Å². The second-order valence-electron chi connectivity index (χ2n) is 7.78. The Kier molecular flexibility index (Phi) is 6.74. The van der Waals surface area contributed by atoms with Crippen molar-refractivity contribution in [1.29, 1.82) is 0 Å². The van der Waals surface area contributed by atoms with Crippen LogP contribution in [0.2, 0.25) is 0 Å². The summed E-state index contributed by atoms with van der Waals surface area (Å²) in [6.07, 6.45) is 3.45. The van der Waals surface area contributed by atoms with E-state index in [4.69, 9.17) is 10.6 Å². The summed E-state index contributed by atoms with van der Waals surface area (Å²) in [5.74, 6) is -2.45. The molecule has 37 heavy (non-hydrogen) atoms. The van der Waals surface area contributed by atoms with E-state index < -0.39 is 29.2 Å². The number of oxime groups is 1. The van der Waals surface area contributed by atoms with Gasteiger partial charge in [0.1, 0.15) is 29.2 Å². The number of nitrogens with one attached hydrogen (secondary N) is 1. The first kappa shape index (κ1) is 25.0. The van der Waals surface area contributed by atoms with Gasteiger partial charge in [0.05, 0.1) is 23.3 Å². The summed E-state index contributed by atoms with van der Waals surface area (Å²) < 4.78 is 3.20. The van der Waals surface area contributed by atoms with E-state index in [1.54, 1.807) is 10.9 Å². The van der Waals surface area contributed by atoms with Crippen LogP contribution in [0.15, 0.2) is 45.3 Å². The number of carboxylic acids is 1. The van der Waals surface area contributed by atoms with Crippen molar-refractivity contribution in [3.63, 3.8) is 0 Å². The Morgan fingerprint density at radius 3 is 2.92 bits per heavy atom. The predicted molar refractivity (Wildman–Crippen MR) is 132 cm³/mol. The molecule has 0 spiro atoms. The molecule has 1 saturated heterocycles. The first-order valence-electron chi connectivity index (χ1n) is 10.6. The zero-order valence-electron chi connectivity index (χ0n) is 19.4. The molecule has 1 unspecified atom stereocenters. The summed E-state index contributed by atoms with van der Waals surface area (Å²) in [6.45, 7) is 0.170. The van der Waals surface area contributed by atoms with Crippen LogP contribution in [0.3, 0.4) is 0 Å². The molecule has 2 atom stereocenters. The molecular formula is C20H19N9O5S3. The normalized spacial score (nSPS) is 19.6. The topological polar surface area (TPSA) is 184 Å². The van der Waals surface area contributed by atoms with Gasteiger partial charge in [0.25, 0.3) is 23.8 Å². The van der Waals surface area contributed by atoms with Gasteiger partial charge in [-0.05, 0) is 17.9 Å². The van der Waals surface area contributed by atoms with Gasteiger partial charge in [-0.3, -0.25) is 14.5 Å². The maximum Gasteiger partial charge on any atom is 0.290 e. The lowest BCUT2D eigenvalue weighted by Crippen LogP contribution is -2.71. The number of thiazole rings is 1. The van der Waals surface area contributed by atoms with Crippen LogP contribution in [-0.4, -0.2) is 78.7 Å². The van der Waals surface area contributed by atoms with Gasteiger partial charge in [-0.1, -0.05) is 10.3 Å². The minimum atomic E-state index is -1.47. The number of nitrogen functional groups attached to an aromatic ring is 1. The second-order valence-corrected chi connectivity index (χ2v) is 10.6. The number of thioether (sulfide) groups is 2. The van der Waals surface area contributed by atoms with Crippen LogP contribution in [0, 0.1) is 0 Å². The van der Waals surface area contributed by atoms with Crippen LogP contribution in [0.5, 0.6) is 0 Å². The lowest BCUT2D eigenvalue weighted by atomic mass is 10.0. The fraction of sp³-hybridized carbons (Fsp3) is 0.300. The average Bonchev–Trinajstić information content (AvgIpc) is 3.50. The number of rotatable bonds is 8. The highest BCUT2D eigenvalue weighted by Crippen LogP contribution is 2.40. The van der Waals surface area contributed by atoms with E-state index in [-0.39, 0.29) is 28.8 Å². The van der Waals surface area contributed by atoms with Crippen molar-refractivity contribution < 1.29 is 28.9 Å². The number of anilines is 1. The molecule has 2 aliphatic rings. The van der Waals surface area contributed by atoms with Crippen LogP contribution in [0.25, 0.3) is 5.65 Å². The van der Waals surface area contributed by atoms with E-state index in [9.17, 15) is 19.5 Å². The molecular weight excluding hydrogens is 542 g/mol. The van der Waals surface area contributed by atoms with Gasteiger partial charge in [-0.2, -0.15) is 0 Å². The Bertz CT molecular complexity index is 1480. The molecule has 1 fully saturated rings. The lowest BCUT2D eigenvalue weighted by molar-refractivity contribution is -0.664. The predicted octanol–water partition coefficient (Wildman–Crippen LogP) is -1.77. The molecule has 14 nitrogen and oxygen atoms in total. The fourth-order valence-corrected chi connectivity index (χ4v) is 6.23. The Morgan fingerprint density at radius 2 is 2.24 bits per heavy atom. The monoisotopic (exact) mass is 561 g/mol. The van der Waals surface area contributed by atoms with E-state index in [2.05, 4.69) is 25.7 Å². The van der Waals surface area contributed by atoms with Gasteiger partial charge in [-0.25, -0.2) is 9.55 Å². The maximum absolute atomic E-state index is 13.0. The van der Waals surface area contributed by atoms with Gasteiger partial charge in [0.15, 0.2) is 10.8 Å². The summed E-state index contributed by atoms with van der Waals surface area (Å²) in [4.78, 5) is 48.0. The van der Waals surface area contributed by atoms with Gasteiger partial charge in [-0.15, -0.1) is 34.9 Å². The van der Waals surface area contributed by atoms with E-state index in [1.165, 1.54) is 40.6 Å². The number of aliphatic carboxylic acids is 1. The zero-order valence-corrected chi connectivity index (χ0v) is 21.8. The number of carboxylic acid groups (broad SMARTS) is 1. The second kappa shape index (κ2) is 9.98. The van der Waals surface area contributed by atoms with E-state index in [0.29, 0.717) is 17.0 Å². The Hall–Kier alpha value is -3.70. The van der Waals surface area contributed by atoms with Crippen molar-refractivity contribution in [2.75, 3.05) is 24.9 Å². The number of aromatic nitrogens is 5. The molecule has 0 saturated carbocycles. The smallest absolute Gasteiger partial charge is 0.290 e. The molecule has 5 rings (SSSR count). The van der Waals surface area contributed by atoms with Gasteiger partial charge >= 0.3 is 0 Å². The van der Waals surface area contributed by atoms with Crippen molar-refractivity contribution in [2.45, 2.75) is 23.0 Å². The number of carbonyl (C=O) groups is 3. The number of nitrogens with two attached hydrogens (primary N) is 1. The number of amides is 2. The van der Waals surface area contributed by atoms with Crippen molar-refractivity contribution in [3.8, 4) is 0 Å². The highest BCUT2D eigenvalue weighted by atomic mass is 32.2. The van der Waals surface area contributed by atoms with E-state index in [0.717, 1.165) is 21.3 Å². The highest BCUT2D eigenvalue weighted by Gasteiger charge is 2.53. The standard InChI is InChI=1S/C20H19N9O5S3/c1-34-26-13(10-7-37-20(21)23-10)16(30)24-14-17(31)28-15(19(32)33)9(6-36-18(14)28)5-27-8-22-29-12(27)4-3-11(25-29)35-2/h3-4,7-8,14,18H,5-6H2,1-2H3,(H3-,21,23,24,30,32,33)/b26-13-/t14?,18-/m1/s1. The van der Waals surface area contributed by atoms with Crippen LogP contribution >= 0.6 is 34.9 Å². The summed E-state index contributed by atoms with van der Waals surface area (Å²) in [6, 6.07) is 2.70. The van der Waals surface area contributed by atoms with Crippen LogP contribution in [0.4, 0.5) is 5.13 Å². The van der Waals surface area contributed by atoms with Gasteiger partial charge < -0.3 is 25.8 Å². The van der Waals surface area contributed by atoms with Crippen LogP contribution in [-0.2, 0) is 25.8 Å². The summed E-state index contributed by atoms with van der Waals surface area (Å²) in [7, 11) is 1.27. The molecule has 192 valence electrons. The molecule has 17 heteroatoms. The molecule has 3 N–H and O–H groups in total. The largest absolute Gasteiger partial charge is 0.543 e. The molecule has 0 radical (unpaired) electrons. The fourth-order valence-electron chi connectivity index (χ4n) is 3.99. The number of fused-ring (bicyclic) bond motifs is 2. The summed E-state index contributed by atoms with van der Waals surface area (Å²) in [5.41, 5.74) is 6.62. The van der Waals surface area contributed by atoms with Gasteiger partial charge in [0.2, 0.25) is 0 Å². The first-order chi connectivity index (χ1) is 17.8. The third kappa shape index (κ3) is 4.49. The Morgan fingerprint density at radius 1 is 1.43 bits per heavy atom. The van der Waals surface area contributed by atoms with Crippen molar-refractivity contribution in [2.24, 2.45) is 5.16 Å². The van der Waals surface area contributed by atoms with Crippen LogP contribution in [0.1, 0.15) is 5.69 Å². The Balaban J connectivity index is 1.37. The third-order valence-corrected chi connectivity index (χ3v) is 8.28. The van der Waals surface area contributed by atoms with Gasteiger partial charge in [0, 0.05) is 21.8 Å². The SMILES string of the molecule is CO/N=C(\C(=O)NC1C(=O)N2C(C(=O)[O-])=C(C[n+]3cnn4nc(SC)ccc43)CS[C@H]12)c1csc(N)n1. The van der Waals surface area contributed by atoms with Crippen molar-refractivity contribution in [1.82, 2.24) is 30.0 Å². The zero-order chi connectivity index (χ0) is 26.3. The van der Waals surface area contributed by atoms with Crippen LogP contribution < -0.4 is 20.7 Å². The quantitative estimate of drug-likeness (QED) is 0.104. The molecule has 2 amide bonds. The number of β-lactam (4-membered cyclic amide) rings is 1. The minimum Gasteiger partial charge on any atom is -0.543 e. The molecule has 0 bridgehead atoms. The van der Waals surface area contributed by atoms with E-state index in [1.807, 2.05) is 18.4 Å². The highest BCUT2D eigenvalue weighted by molar-refractivity contribution is 8.00. The Labute approximate surface area is 221 Å². The molecule has 5 heterocycles. The number of hydrogen-bond donors (Lipinski definition) is 2. The molecule has 2 aliphatic heterocycles. The average molecular weight is 562 g/mol. The molecule has 3 aromatic heterocycles. The van der Waals surface area contributed by atoms with Crippen molar-refractivity contribution >= 4 is 69.1 Å². The number of carbonyl (C=O) groups excluding carboxylic acids is 3. The number of hydrogen-bond acceptors (Lipinski definition) is 13. The van der Waals surface area contributed by atoms with E-state index >= 15 is 0 Å². The molecule has 0 aromatic carbocycles. The lowest BCUT2D eigenvalue weighted by Gasteiger charge is -2.50.